The second kappa shape index (κ2) is 7.46. The minimum Gasteiger partial charge on any atom is -0.342 e. The van der Waals surface area contributed by atoms with Crippen LogP contribution in [0.1, 0.15) is 43.5 Å². The number of aryl methyl sites for hydroxylation is 1. The van der Waals surface area contributed by atoms with Crippen LogP contribution in [0.5, 0.6) is 0 Å². The molecule has 2 aliphatic rings. The third kappa shape index (κ3) is 3.34. The molecule has 0 radical (unpaired) electrons. The molecule has 2 atom stereocenters. The Morgan fingerprint density at radius 1 is 1.28 bits per heavy atom. The van der Waals surface area contributed by atoms with Crippen LogP contribution in [0.2, 0.25) is 0 Å². The van der Waals surface area contributed by atoms with E-state index < -0.39 is 0 Å². The lowest BCUT2D eigenvalue weighted by atomic mass is 9.92. The summed E-state index contributed by atoms with van der Waals surface area (Å²) >= 11 is 0. The van der Waals surface area contributed by atoms with E-state index in [-0.39, 0.29) is 5.91 Å². The lowest BCUT2D eigenvalue weighted by molar-refractivity contribution is -0.133. The Labute approximate surface area is 170 Å². The van der Waals surface area contributed by atoms with Gasteiger partial charge in [0.2, 0.25) is 5.91 Å². The summed E-state index contributed by atoms with van der Waals surface area (Å²) in [4.78, 5) is 19.5. The van der Waals surface area contributed by atoms with Gasteiger partial charge in [0, 0.05) is 55.8 Å². The van der Waals surface area contributed by atoms with Gasteiger partial charge < -0.3 is 14.0 Å². The molecule has 7 nitrogen and oxygen atoms in total. The Hall–Kier alpha value is -2.96. The SMILES string of the molecule is C[C@@H]1CCN(C(=O)CCCn2cnnc2)C[C@@H]1n1ccc2cnc3c(c21)C=CC3. The molecule has 0 N–H and O–H groups in total. The zero-order chi connectivity index (χ0) is 19.8. The highest BCUT2D eigenvalue weighted by molar-refractivity contribution is 5.90. The Morgan fingerprint density at radius 3 is 3.00 bits per heavy atom. The van der Waals surface area contributed by atoms with Crippen LogP contribution in [-0.2, 0) is 17.8 Å². The first-order chi connectivity index (χ1) is 14.2. The Bertz CT molecular complexity index is 1050. The van der Waals surface area contributed by atoms with Gasteiger partial charge in [0.25, 0.3) is 0 Å². The topological polar surface area (TPSA) is 68.8 Å². The first-order valence-corrected chi connectivity index (χ1v) is 10.5. The maximum atomic E-state index is 12.9. The van der Waals surface area contributed by atoms with Gasteiger partial charge in [-0.1, -0.05) is 19.1 Å². The summed E-state index contributed by atoms with van der Waals surface area (Å²) < 4.78 is 4.31. The summed E-state index contributed by atoms with van der Waals surface area (Å²) in [6.07, 6.45) is 15.3. The monoisotopic (exact) mass is 390 g/mol. The summed E-state index contributed by atoms with van der Waals surface area (Å²) in [6.45, 7) is 4.71. The molecule has 3 aromatic heterocycles. The molecule has 1 fully saturated rings. The molecule has 7 heteroatoms. The summed E-state index contributed by atoms with van der Waals surface area (Å²) in [6, 6.07) is 2.45. The normalized spacial score (nSPS) is 21.1. The number of aromatic nitrogens is 5. The highest BCUT2D eigenvalue weighted by Gasteiger charge is 2.31. The van der Waals surface area contributed by atoms with Crippen LogP contribution in [0.15, 0.2) is 37.2 Å². The number of hydrogen-bond acceptors (Lipinski definition) is 4. The maximum absolute atomic E-state index is 12.9. The average Bonchev–Trinajstić information content (AvgIpc) is 3.47. The summed E-state index contributed by atoms with van der Waals surface area (Å²) in [5.41, 5.74) is 3.67. The number of pyridine rings is 1. The predicted molar refractivity (Wildman–Crippen MR) is 111 cm³/mol. The molecular weight excluding hydrogens is 364 g/mol. The number of piperidine rings is 1. The molecule has 1 saturated heterocycles. The molecule has 29 heavy (non-hydrogen) atoms. The third-order valence-electron chi connectivity index (χ3n) is 6.37. The van der Waals surface area contributed by atoms with E-state index >= 15 is 0 Å². The molecule has 1 aliphatic carbocycles. The highest BCUT2D eigenvalue weighted by atomic mass is 16.2. The number of fused-ring (bicyclic) bond motifs is 3. The number of nitrogens with zero attached hydrogens (tertiary/aromatic N) is 6. The lowest BCUT2D eigenvalue weighted by Gasteiger charge is -2.38. The molecule has 1 amide bonds. The van der Waals surface area contributed by atoms with Crippen LogP contribution in [0.3, 0.4) is 0 Å². The number of rotatable bonds is 5. The number of carbonyl (C=O) groups excluding carboxylic acids is 1. The molecule has 0 saturated carbocycles. The van der Waals surface area contributed by atoms with Crippen molar-refractivity contribution >= 4 is 22.9 Å². The van der Waals surface area contributed by atoms with E-state index in [9.17, 15) is 4.79 Å². The summed E-state index contributed by atoms with van der Waals surface area (Å²) in [5, 5.41) is 8.80. The summed E-state index contributed by atoms with van der Waals surface area (Å²) in [7, 11) is 0. The molecule has 0 bridgehead atoms. The molecule has 3 aromatic rings. The van der Waals surface area contributed by atoms with E-state index in [4.69, 9.17) is 0 Å². The third-order valence-corrected chi connectivity index (χ3v) is 6.37. The minimum atomic E-state index is 0.248. The quantitative estimate of drug-likeness (QED) is 0.671. The van der Waals surface area contributed by atoms with Crippen LogP contribution >= 0.6 is 0 Å². The van der Waals surface area contributed by atoms with Crippen molar-refractivity contribution in [1.29, 1.82) is 0 Å². The zero-order valence-corrected chi connectivity index (χ0v) is 16.7. The van der Waals surface area contributed by atoms with E-state index in [0.717, 1.165) is 44.6 Å². The van der Waals surface area contributed by atoms with Gasteiger partial charge in [0.15, 0.2) is 0 Å². The standard InChI is InChI=1S/C22H26N6O/c1-16-7-10-27(21(29)6-3-9-26-14-24-25-15-26)13-20(16)28-11-8-17-12-23-19-5-2-4-18(19)22(17)28/h2,4,8,11-12,14-16,20H,3,5-7,9-10,13H2,1H3/t16-,20+/m1/s1. The minimum absolute atomic E-state index is 0.248. The average molecular weight is 390 g/mol. The largest absolute Gasteiger partial charge is 0.342 e. The van der Waals surface area contributed by atoms with Crippen molar-refractivity contribution in [3.05, 3.63) is 48.4 Å². The fraction of sp³-hybridized carbons (Fsp3) is 0.455. The Balaban J connectivity index is 1.33. The van der Waals surface area contributed by atoms with Crippen molar-refractivity contribution in [2.24, 2.45) is 5.92 Å². The number of allylic oxidation sites excluding steroid dienone is 1. The van der Waals surface area contributed by atoms with Crippen LogP contribution in [-0.4, -0.2) is 48.2 Å². The van der Waals surface area contributed by atoms with E-state index in [0.29, 0.717) is 18.4 Å². The van der Waals surface area contributed by atoms with Crippen LogP contribution in [0.4, 0.5) is 0 Å². The van der Waals surface area contributed by atoms with Crippen LogP contribution in [0.25, 0.3) is 17.0 Å². The molecule has 0 aromatic carbocycles. The van der Waals surface area contributed by atoms with Crippen LogP contribution < -0.4 is 0 Å². The van der Waals surface area contributed by atoms with Gasteiger partial charge in [-0.2, -0.15) is 0 Å². The number of hydrogen-bond donors (Lipinski definition) is 0. The van der Waals surface area contributed by atoms with E-state index in [1.807, 2.05) is 10.8 Å². The van der Waals surface area contributed by atoms with Crippen molar-refractivity contribution in [3.8, 4) is 0 Å². The van der Waals surface area contributed by atoms with E-state index in [2.05, 4.69) is 56.0 Å². The second-order valence-corrected chi connectivity index (χ2v) is 8.23. The van der Waals surface area contributed by atoms with Crippen LogP contribution in [0, 0.1) is 5.92 Å². The van der Waals surface area contributed by atoms with E-state index in [1.54, 1.807) is 12.7 Å². The molecule has 1 aliphatic heterocycles. The molecule has 4 heterocycles. The van der Waals surface area contributed by atoms with Gasteiger partial charge in [-0.25, -0.2) is 0 Å². The van der Waals surface area contributed by atoms with Gasteiger partial charge >= 0.3 is 0 Å². The van der Waals surface area contributed by atoms with Crippen molar-refractivity contribution < 1.29 is 4.79 Å². The van der Waals surface area contributed by atoms with Crippen molar-refractivity contribution in [1.82, 2.24) is 29.2 Å². The smallest absolute Gasteiger partial charge is 0.222 e. The van der Waals surface area contributed by atoms with Gasteiger partial charge in [0.05, 0.1) is 17.3 Å². The maximum Gasteiger partial charge on any atom is 0.222 e. The first kappa shape index (κ1) is 18.1. The molecular formula is C22H26N6O. The lowest BCUT2D eigenvalue weighted by Crippen LogP contribution is -2.43. The molecule has 5 rings (SSSR count). The zero-order valence-electron chi connectivity index (χ0n) is 16.7. The molecule has 150 valence electrons. The summed E-state index contributed by atoms with van der Waals surface area (Å²) in [5.74, 6) is 0.777. The Kier molecular flexibility index (Phi) is 4.66. The fourth-order valence-electron chi connectivity index (χ4n) is 4.66. The fourth-order valence-corrected chi connectivity index (χ4v) is 4.66. The van der Waals surface area contributed by atoms with Gasteiger partial charge in [-0.3, -0.25) is 9.78 Å². The van der Waals surface area contributed by atoms with Gasteiger partial charge in [-0.15, -0.1) is 10.2 Å². The number of likely N-dealkylation sites (tertiary alicyclic amines) is 1. The molecule has 0 unspecified atom stereocenters. The van der Waals surface area contributed by atoms with Gasteiger partial charge in [0.1, 0.15) is 12.7 Å². The molecule has 0 spiro atoms. The second-order valence-electron chi connectivity index (χ2n) is 8.23. The number of amides is 1. The van der Waals surface area contributed by atoms with Crippen molar-refractivity contribution in [2.45, 2.75) is 45.2 Å². The Morgan fingerprint density at radius 2 is 2.14 bits per heavy atom. The van der Waals surface area contributed by atoms with Crippen molar-refractivity contribution in [2.75, 3.05) is 13.1 Å². The van der Waals surface area contributed by atoms with Gasteiger partial charge in [-0.05, 0) is 24.8 Å². The van der Waals surface area contributed by atoms with E-state index in [1.165, 1.54) is 16.5 Å². The first-order valence-electron chi connectivity index (χ1n) is 10.5. The number of carbonyl (C=O) groups is 1. The highest BCUT2D eigenvalue weighted by Crippen LogP contribution is 2.35. The van der Waals surface area contributed by atoms with Crippen molar-refractivity contribution in [3.63, 3.8) is 0 Å². The predicted octanol–water partition coefficient (Wildman–Crippen LogP) is 3.09.